The molecule has 1 nitrogen and oxygen atoms in total. The van der Waals surface area contributed by atoms with Crippen LogP contribution in [0.2, 0.25) is 5.02 Å². The fourth-order valence-electron chi connectivity index (χ4n) is 3.11. The predicted octanol–water partition coefficient (Wildman–Crippen LogP) is 5.63. The van der Waals surface area contributed by atoms with Gasteiger partial charge in [0.15, 0.2) is 0 Å². The van der Waals surface area contributed by atoms with Crippen LogP contribution in [0.25, 0.3) is 0 Å². The summed E-state index contributed by atoms with van der Waals surface area (Å²) in [7, 11) is 0. The molecule has 0 saturated heterocycles. The molecule has 1 aliphatic rings. The topological polar surface area (TPSA) is 12.0 Å². The fraction of sp³-hybridized carbons (Fsp3) is 0.444. The summed E-state index contributed by atoms with van der Waals surface area (Å²) >= 11 is 7.94. The van der Waals surface area contributed by atoms with Gasteiger partial charge in [-0.05, 0) is 53.8 Å². The van der Waals surface area contributed by atoms with Gasteiger partial charge in [-0.1, -0.05) is 43.6 Å². The van der Waals surface area contributed by atoms with Crippen LogP contribution < -0.4 is 5.32 Å². The van der Waals surface area contributed by atoms with E-state index in [-0.39, 0.29) is 0 Å². The maximum absolute atomic E-state index is 6.09. The zero-order valence-corrected chi connectivity index (χ0v) is 14.1. The van der Waals surface area contributed by atoms with Crippen LogP contribution in [0.15, 0.2) is 41.8 Å². The molecule has 1 aromatic heterocycles. The lowest BCUT2D eigenvalue weighted by molar-refractivity contribution is 0.243. The van der Waals surface area contributed by atoms with Crippen LogP contribution in [0.5, 0.6) is 0 Å². The monoisotopic (exact) mass is 319 g/mol. The molecular formula is C18H22ClNS. The predicted molar refractivity (Wildman–Crippen MR) is 92.2 cm³/mol. The highest BCUT2D eigenvalue weighted by Gasteiger charge is 2.32. The maximum atomic E-state index is 6.09. The maximum Gasteiger partial charge on any atom is 0.0440 e. The van der Waals surface area contributed by atoms with Gasteiger partial charge in [0.2, 0.25) is 0 Å². The third kappa shape index (κ3) is 3.50. The lowest BCUT2D eigenvalue weighted by Crippen LogP contribution is -2.43. The number of nitrogens with one attached hydrogen (secondary N) is 1. The molecule has 1 atom stereocenters. The van der Waals surface area contributed by atoms with E-state index in [1.807, 2.05) is 17.4 Å². The van der Waals surface area contributed by atoms with E-state index in [0.29, 0.717) is 23.9 Å². The highest BCUT2D eigenvalue weighted by atomic mass is 35.5. The fourth-order valence-corrected chi connectivity index (χ4v) is 4.27. The van der Waals surface area contributed by atoms with Crippen molar-refractivity contribution in [2.24, 2.45) is 5.92 Å². The van der Waals surface area contributed by atoms with Crippen molar-refractivity contribution in [1.82, 2.24) is 5.32 Å². The van der Waals surface area contributed by atoms with Crippen molar-refractivity contribution in [2.75, 3.05) is 0 Å². The van der Waals surface area contributed by atoms with E-state index in [0.717, 1.165) is 5.02 Å². The summed E-state index contributed by atoms with van der Waals surface area (Å²) in [5.41, 5.74) is 1.39. The SMILES string of the molecule is CC(C)C(NC1CC(c2cccc(Cl)c2)C1)c1cccs1. The van der Waals surface area contributed by atoms with Crippen LogP contribution in [0.3, 0.4) is 0 Å². The molecule has 0 spiro atoms. The van der Waals surface area contributed by atoms with Gasteiger partial charge in [-0.25, -0.2) is 0 Å². The molecule has 0 amide bonds. The quantitative estimate of drug-likeness (QED) is 0.752. The molecule has 1 saturated carbocycles. The van der Waals surface area contributed by atoms with Crippen molar-refractivity contribution >= 4 is 22.9 Å². The minimum atomic E-state index is 0.482. The van der Waals surface area contributed by atoms with Crippen molar-refractivity contribution in [3.63, 3.8) is 0 Å². The zero-order chi connectivity index (χ0) is 14.8. The first-order chi connectivity index (χ1) is 10.1. The molecule has 112 valence electrons. The Morgan fingerprint density at radius 3 is 2.62 bits per heavy atom. The number of hydrogen-bond donors (Lipinski definition) is 1. The summed E-state index contributed by atoms with van der Waals surface area (Å²) < 4.78 is 0. The molecule has 1 aliphatic carbocycles. The summed E-state index contributed by atoms with van der Waals surface area (Å²) in [5, 5.41) is 6.87. The number of hydrogen-bond acceptors (Lipinski definition) is 2. The zero-order valence-electron chi connectivity index (χ0n) is 12.6. The molecule has 0 bridgehead atoms. The highest BCUT2D eigenvalue weighted by molar-refractivity contribution is 7.10. The smallest absolute Gasteiger partial charge is 0.0440 e. The number of halogens is 1. The van der Waals surface area contributed by atoms with E-state index in [4.69, 9.17) is 11.6 Å². The standard InChI is InChI=1S/C18H22ClNS/c1-12(2)18(17-7-4-8-21-17)20-16-10-14(11-16)13-5-3-6-15(19)9-13/h3-9,12,14,16,18,20H,10-11H2,1-2H3. The van der Waals surface area contributed by atoms with Crippen molar-refractivity contribution in [3.8, 4) is 0 Å². The number of benzene rings is 1. The Hall–Kier alpha value is -0.830. The summed E-state index contributed by atoms with van der Waals surface area (Å²) in [5.74, 6) is 1.28. The third-order valence-electron chi connectivity index (χ3n) is 4.39. The minimum absolute atomic E-state index is 0.482. The van der Waals surface area contributed by atoms with Crippen molar-refractivity contribution < 1.29 is 0 Å². The van der Waals surface area contributed by atoms with Gasteiger partial charge in [0, 0.05) is 22.0 Å². The van der Waals surface area contributed by atoms with Crippen LogP contribution in [-0.2, 0) is 0 Å². The Labute approximate surface area is 136 Å². The first kappa shape index (κ1) is 15.1. The first-order valence-electron chi connectivity index (χ1n) is 7.68. The molecule has 3 rings (SSSR count). The van der Waals surface area contributed by atoms with E-state index < -0.39 is 0 Å². The second kappa shape index (κ2) is 6.51. The van der Waals surface area contributed by atoms with Crippen LogP contribution in [0.4, 0.5) is 0 Å². The lowest BCUT2D eigenvalue weighted by Gasteiger charge is -2.39. The molecule has 1 fully saturated rings. The molecule has 2 aromatic rings. The van der Waals surface area contributed by atoms with Gasteiger partial charge in [0.1, 0.15) is 0 Å². The Kier molecular flexibility index (Phi) is 4.68. The van der Waals surface area contributed by atoms with Crippen molar-refractivity contribution in [1.29, 1.82) is 0 Å². The molecule has 1 heterocycles. The Bertz CT molecular complexity index is 573. The van der Waals surface area contributed by atoms with Crippen molar-refractivity contribution in [2.45, 2.75) is 44.7 Å². The van der Waals surface area contributed by atoms with Gasteiger partial charge in [0.25, 0.3) is 0 Å². The normalized spacial score (nSPS) is 23.0. The van der Waals surface area contributed by atoms with E-state index in [9.17, 15) is 0 Å². The molecule has 0 aliphatic heterocycles. The summed E-state index contributed by atoms with van der Waals surface area (Å²) in [6.45, 7) is 4.59. The Balaban J connectivity index is 1.59. The van der Waals surface area contributed by atoms with Gasteiger partial charge in [-0.15, -0.1) is 11.3 Å². The van der Waals surface area contributed by atoms with Gasteiger partial charge >= 0.3 is 0 Å². The Morgan fingerprint density at radius 1 is 1.19 bits per heavy atom. The second-order valence-electron chi connectivity index (χ2n) is 6.32. The average Bonchev–Trinajstić information content (AvgIpc) is 2.90. The van der Waals surface area contributed by atoms with E-state index in [1.165, 1.54) is 23.3 Å². The van der Waals surface area contributed by atoms with Crippen LogP contribution in [-0.4, -0.2) is 6.04 Å². The van der Waals surface area contributed by atoms with Gasteiger partial charge < -0.3 is 5.32 Å². The average molecular weight is 320 g/mol. The van der Waals surface area contributed by atoms with Crippen LogP contribution in [0.1, 0.15) is 49.1 Å². The molecule has 0 radical (unpaired) electrons. The number of rotatable bonds is 5. The minimum Gasteiger partial charge on any atom is -0.306 e. The summed E-state index contributed by atoms with van der Waals surface area (Å²) in [4.78, 5) is 1.45. The summed E-state index contributed by atoms with van der Waals surface area (Å²) in [6.07, 6.45) is 2.43. The largest absolute Gasteiger partial charge is 0.306 e. The Morgan fingerprint density at radius 2 is 2.00 bits per heavy atom. The van der Waals surface area contributed by atoms with Gasteiger partial charge in [-0.2, -0.15) is 0 Å². The van der Waals surface area contributed by atoms with E-state index >= 15 is 0 Å². The van der Waals surface area contributed by atoms with E-state index in [2.05, 4.69) is 54.9 Å². The molecule has 21 heavy (non-hydrogen) atoms. The molecule has 1 aromatic carbocycles. The van der Waals surface area contributed by atoms with Crippen molar-refractivity contribution in [3.05, 3.63) is 57.2 Å². The van der Waals surface area contributed by atoms with Crippen LogP contribution in [0, 0.1) is 5.92 Å². The molecule has 3 heteroatoms. The number of thiophene rings is 1. The molecule has 1 unspecified atom stereocenters. The third-order valence-corrected chi connectivity index (χ3v) is 5.58. The van der Waals surface area contributed by atoms with E-state index in [1.54, 1.807) is 0 Å². The highest BCUT2D eigenvalue weighted by Crippen LogP contribution is 2.39. The van der Waals surface area contributed by atoms with Gasteiger partial charge in [0.05, 0.1) is 0 Å². The second-order valence-corrected chi connectivity index (χ2v) is 7.74. The lowest BCUT2D eigenvalue weighted by atomic mass is 9.75. The van der Waals surface area contributed by atoms with Crippen LogP contribution >= 0.6 is 22.9 Å². The molecular weight excluding hydrogens is 298 g/mol. The summed E-state index contributed by atoms with van der Waals surface area (Å²) in [6, 6.07) is 13.8. The molecule has 1 N–H and O–H groups in total. The first-order valence-corrected chi connectivity index (χ1v) is 8.94. The van der Waals surface area contributed by atoms with Gasteiger partial charge in [-0.3, -0.25) is 0 Å².